The largest absolute Gasteiger partial charge is 0.493 e. The number of esters is 2. The van der Waals surface area contributed by atoms with Gasteiger partial charge in [0.15, 0.2) is 17.2 Å². The lowest BCUT2D eigenvalue weighted by Gasteiger charge is -2.18. The highest BCUT2D eigenvalue weighted by Gasteiger charge is 2.25. The van der Waals surface area contributed by atoms with Crippen LogP contribution in [-0.4, -0.2) is 24.9 Å². The summed E-state index contributed by atoms with van der Waals surface area (Å²) in [6.45, 7) is 7.72. The fraction of sp³-hybridized carbons (Fsp3) is 0.261. The minimum atomic E-state index is -0.525. The van der Waals surface area contributed by atoms with Gasteiger partial charge in [-0.25, -0.2) is 9.79 Å². The van der Waals surface area contributed by atoms with Crippen LogP contribution < -0.4 is 9.47 Å². The van der Waals surface area contributed by atoms with Crippen molar-refractivity contribution >= 4 is 23.9 Å². The van der Waals surface area contributed by atoms with Gasteiger partial charge in [0.05, 0.1) is 7.11 Å². The molecule has 1 aliphatic rings. The molecule has 6 heteroatoms. The monoisotopic (exact) mass is 393 g/mol. The van der Waals surface area contributed by atoms with Gasteiger partial charge in [-0.1, -0.05) is 39.0 Å². The van der Waals surface area contributed by atoms with E-state index in [1.807, 2.05) is 24.3 Å². The molecule has 6 nitrogen and oxygen atoms in total. The van der Waals surface area contributed by atoms with E-state index in [0.29, 0.717) is 17.1 Å². The molecule has 0 bridgehead atoms. The SMILES string of the molecule is COc1cc(/C=C2\N=C(c3ccc(C(C)(C)C)cc3)OC2=O)ccc1OC(C)=O. The van der Waals surface area contributed by atoms with Crippen LogP contribution >= 0.6 is 0 Å². The Morgan fingerprint density at radius 2 is 1.76 bits per heavy atom. The predicted octanol–water partition coefficient (Wildman–Crippen LogP) is 4.26. The van der Waals surface area contributed by atoms with Crippen molar-refractivity contribution in [1.82, 2.24) is 0 Å². The zero-order valence-electron chi connectivity index (χ0n) is 17.1. The van der Waals surface area contributed by atoms with E-state index in [0.717, 1.165) is 5.56 Å². The van der Waals surface area contributed by atoms with Crippen LogP contribution in [0, 0.1) is 0 Å². The maximum absolute atomic E-state index is 12.2. The van der Waals surface area contributed by atoms with Gasteiger partial charge in [0.1, 0.15) is 0 Å². The Hall–Kier alpha value is -3.41. The van der Waals surface area contributed by atoms with Crippen LogP contribution in [0.15, 0.2) is 53.2 Å². The minimum Gasteiger partial charge on any atom is -0.493 e. The van der Waals surface area contributed by atoms with Crippen molar-refractivity contribution < 1.29 is 23.8 Å². The number of nitrogens with zero attached hydrogens (tertiary/aromatic N) is 1. The number of ether oxygens (including phenoxy) is 3. The van der Waals surface area contributed by atoms with Gasteiger partial charge in [-0.2, -0.15) is 0 Å². The van der Waals surface area contributed by atoms with Gasteiger partial charge in [-0.15, -0.1) is 0 Å². The molecule has 1 heterocycles. The molecule has 0 saturated carbocycles. The number of aliphatic imine (C=N–C) groups is 1. The normalized spacial score (nSPS) is 15.1. The second kappa shape index (κ2) is 7.91. The summed E-state index contributed by atoms with van der Waals surface area (Å²) in [6.07, 6.45) is 1.60. The van der Waals surface area contributed by atoms with E-state index < -0.39 is 11.9 Å². The van der Waals surface area contributed by atoms with Crippen LogP contribution in [0.2, 0.25) is 0 Å². The molecule has 0 amide bonds. The molecular formula is C23H23NO5. The van der Waals surface area contributed by atoms with Crippen LogP contribution in [0.4, 0.5) is 0 Å². The summed E-state index contributed by atoms with van der Waals surface area (Å²) in [5.41, 5.74) is 2.80. The van der Waals surface area contributed by atoms with Gasteiger partial charge in [0.2, 0.25) is 5.90 Å². The first-order valence-corrected chi connectivity index (χ1v) is 9.17. The Morgan fingerprint density at radius 1 is 1.07 bits per heavy atom. The Morgan fingerprint density at radius 3 is 2.34 bits per heavy atom. The van der Waals surface area contributed by atoms with E-state index in [9.17, 15) is 9.59 Å². The molecule has 0 aliphatic carbocycles. The summed E-state index contributed by atoms with van der Waals surface area (Å²) in [6, 6.07) is 12.8. The Bertz CT molecular complexity index is 1010. The fourth-order valence-corrected chi connectivity index (χ4v) is 2.82. The zero-order chi connectivity index (χ0) is 21.2. The van der Waals surface area contributed by atoms with E-state index in [1.165, 1.54) is 19.6 Å². The third-order valence-corrected chi connectivity index (χ3v) is 4.36. The van der Waals surface area contributed by atoms with E-state index in [2.05, 4.69) is 25.8 Å². The molecule has 0 N–H and O–H groups in total. The molecule has 29 heavy (non-hydrogen) atoms. The average Bonchev–Trinajstić information content (AvgIpc) is 3.02. The number of rotatable bonds is 4. The van der Waals surface area contributed by atoms with Crippen LogP contribution in [0.3, 0.4) is 0 Å². The Balaban J connectivity index is 1.87. The summed E-state index contributed by atoms with van der Waals surface area (Å²) < 4.78 is 15.7. The summed E-state index contributed by atoms with van der Waals surface area (Å²) in [7, 11) is 1.47. The minimum absolute atomic E-state index is 0.0368. The van der Waals surface area contributed by atoms with Gasteiger partial charge in [-0.05, 0) is 46.9 Å². The third-order valence-electron chi connectivity index (χ3n) is 4.36. The molecular weight excluding hydrogens is 370 g/mol. The van der Waals surface area contributed by atoms with Crippen LogP contribution in [0.25, 0.3) is 6.08 Å². The van der Waals surface area contributed by atoms with Crippen molar-refractivity contribution in [3.8, 4) is 11.5 Å². The molecule has 2 aromatic carbocycles. The number of benzene rings is 2. The van der Waals surface area contributed by atoms with Gasteiger partial charge in [-0.3, -0.25) is 4.79 Å². The first kappa shape index (κ1) is 20.3. The number of methoxy groups -OCH3 is 1. The Labute approximate surface area is 169 Å². The molecule has 150 valence electrons. The summed E-state index contributed by atoms with van der Waals surface area (Å²) in [5, 5.41) is 0. The molecule has 0 saturated heterocycles. The number of hydrogen-bond donors (Lipinski definition) is 0. The maximum atomic E-state index is 12.2. The van der Waals surface area contributed by atoms with Crippen molar-refractivity contribution in [3.05, 3.63) is 64.9 Å². The highest BCUT2D eigenvalue weighted by atomic mass is 16.6. The van der Waals surface area contributed by atoms with Crippen molar-refractivity contribution in [3.63, 3.8) is 0 Å². The standard InChI is InChI=1S/C23H23NO5/c1-14(25)28-19-11-6-15(13-20(19)27-5)12-18-22(26)29-21(24-18)16-7-9-17(10-8-16)23(2,3)4/h6-13H,1-5H3/b18-12-. The van der Waals surface area contributed by atoms with E-state index in [1.54, 1.807) is 24.3 Å². The molecule has 1 aliphatic heterocycles. The van der Waals surface area contributed by atoms with Crippen molar-refractivity contribution in [1.29, 1.82) is 0 Å². The number of cyclic esters (lactones) is 1. The first-order chi connectivity index (χ1) is 13.7. The maximum Gasteiger partial charge on any atom is 0.363 e. The van der Waals surface area contributed by atoms with Crippen LogP contribution in [0.1, 0.15) is 44.4 Å². The quantitative estimate of drug-likeness (QED) is 0.441. The van der Waals surface area contributed by atoms with Crippen LogP contribution in [-0.2, 0) is 19.7 Å². The highest BCUT2D eigenvalue weighted by Crippen LogP contribution is 2.30. The summed E-state index contributed by atoms with van der Waals surface area (Å²) >= 11 is 0. The van der Waals surface area contributed by atoms with Crippen molar-refractivity contribution in [2.75, 3.05) is 7.11 Å². The zero-order valence-corrected chi connectivity index (χ0v) is 17.1. The van der Waals surface area contributed by atoms with Crippen LogP contribution in [0.5, 0.6) is 11.5 Å². The van der Waals surface area contributed by atoms with E-state index in [4.69, 9.17) is 14.2 Å². The second-order valence-electron chi connectivity index (χ2n) is 7.67. The van der Waals surface area contributed by atoms with Gasteiger partial charge in [0.25, 0.3) is 0 Å². The fourth-order valence-electron chi connectivity index (χ4n) is 2.82. The molecule has 0 atom stereocenters. The smallest absolute Gasteiger partial charge is 0.363 e. The average molecular weight is 393 g/mol. The Kier molecular flexibility index (Phi) is 5.55. The molecule has 0 spiro atoms. The number of hydrogen-bond acceptors (Lipinski definition) is 6. The lowest BCUT2D eigenvalue weighted by atomic mass is 9.87. The lowest BCUT2D eigenvalue weighted by molar-refractivity contribution is -0.132. The second-order valence-corrected chi connectivity index (χ2v) is 7.67. The van der Waals surface area contributed by atoms with E-state index in [-0.39, 0.29) is 17.0 Å². The molecule has 3 rings (SSSR count). The highest BCUT2D eigenvalue weighted by molar-refractivity contribution is 6.12. The molecule has 0 fully saturated rings. The lowest BCUT2D eigenvalue weighted by Crippen LogP contribution is -2.11. The van der Waals surface area contributed by atoms with Gasteiger partial charge < -0.3 is 14.2 Å². The van der Waals surface area contributed by atoms with Crippen molar-refractivity contribution in [2.45, 2.75) is 33.1 Å². The van der Waals surface area contributed by atoms with Gasteiger partial charge in [0, 0.05) is 12.5 Å². The first-order valence-electron chi connectivity index (χ1n) is 9.17. The molecule has 0 radical (unpaired) electrons. The number of carbonyl (C=O) groups excluding carboxylic acids is 2. The summed E-state index contributed by atoms with van der Waals surface area (Å²) in [5.74, 6) is -0.0178. The molecule has 0 unspecified atom stereocenters. The predicted molar refractivity (Wildman–Crippen MR) is 110 cm³/mol. The van der Waals surface area contributed by atoms with Gasteiger partial charge >= 0.3 is 11.9 Å². The molecule has 2 aromatic rings. The molecule has 0 aromatic heterocycles. The number of carbonyl (C=O) groups is 2. The third kappa shape index (κ3) is 4.71. The topological polar surface area (TPSA) is 74.2 Å². The summed E-state index contributed by atoms with van der Waals surface area (Å²) in [4.78, 5) is 27.7. The van der Waals surface area contributed by atoms with E-state index >= 15 is 0 Å². The van der Waals surface area contributed by atoms with Crippen molar-refractivity contribution in [2.24, 2.45) is 4.99 Å².